The van der Waals surface area contributed by atoms with Crippen LogP contribution in [0.5, 0.6) is 11.5 Å². The number of rotatable bonds is 2. The van der Waals surface area contributed by atoms with Crippen molar-refractivity contribution in [1.82, 2.24) is 0 Å². The fourth-order valence-corrected chi connectivity index (χ4v) is 1.49. The highest BCUT2D eigenvalue weighted by Gasteiger charge is 2.03. The van der Waals surface area contributed by atoms with E-state index >= 15 is 0 Å². The van der Waals surface area contributed by atoms with E-state index in [1.807, 2.05) is 0 Å². The van der Waals surface area contributed by atoms with Gasteiger partial charge < -0.3 is 10.2 Å². The van der Waals surface area contributed by atoms with Crippen LogP contribution in [0.3, 0.4) is 0 Å². The van der Waals surface area contributed by atoms with Gasteiger partial charge in [0.25, 0.3) is 0 Å². The molecule has 2 N–H and O–H groups in total. The van der Waals surface area contributed by atoms with Crippen molar-refractivity contribution in [2.24, 2.45) is 0 Å². The first-order chi connectivity index (χ1) is 8.13. The van der Waals surface area contributed by atoms with Crippen LogP contribution in [0.1, 0.15) is 5.56 Å². The maximum atomic E-state index is 10.9. The van der Waals surface area contributed by atoms with Crippen LogP contribution in [-0.2, 0) is 4.79 Å². The highest BCUT2D eigenvalue weighted by molar-refractivity contribution is 6.01. The van der Waals surface area contributed by atoms with Crippen LogP contribution in [0.4, 0.5) is 0 Å². The van der Waals surface area contributed by atoms with Crippen molar-refractivity contribution in [2.45, 2.75) is 0 Å². The van der Waals surface area contributed by atoms with Gasteiger partial charge in [0.05, 0.1) is 0 Å². The molecule has 0 aromatic heterocycles. The summed E-state index contributed by atoms with van der Waals surface area (Å²) < 4.78 is 0. The van der Waals surface area contributed by atoms with E-state index in [-0.39, 0.29) is 17.3 Å². The van der Waals surface area contributed by atoms with E-state index in [4.69, 9.17) is 0 Å². The zero-order valence-electron chi connectivity index (χ0n) is 9.00. The molecule has 0 spiro atoms. The fraction of sp³-hybridized carbons (Fsp3) is 0. The summed E-state index contributed by atoms with van der Waals surface area (Å²) in [6.45, 7) is 0. The van der Waals surface area contributed by atoms with Crippen molar-refractivity contribution < 1.29 is 15.0 Å². The van der Waals surface area contributed by atoms with Crippen LogP contribution < -0.4 is 0 Å². The SMILES string of the molecule is O=C1C=C[C](C=Cc2cc(O)cc(O)c2)C=C1. The zero-order valence-corrected chi connectivity index (χ0v) is 9.00. The van der Waals surface area contributed by atoms with E-state index in [0.717, 1.165) is 5.92 Å². The normalized spacial score (nSPS) is 15.9. The van der Waals surface area contributed by atoms with Gasteiger partial charge in [-0.1, -0.05) is 24.3 Å². The van der Waals surface area contributed by atoms with Gasteiger partial charge in [-0.05, 0) is 29.8 Å². The third-order valence-corrected chi connectivity index (χ3v) is 2.27. The minimum absolute atomic E-state index is 0.0135. The number of carbonyl (C=O) groups excluding carboxylic acids is 1. The summed E-state index contributed by atoms with van der Waals surface area (Å²) in [6, 6.07) is 4.35. The van der Waals surface area contributed by atoms with Crippen LogP contribution in [-0.4, -0.2) is 16.0 Å². The Kier molecular flexibility index (Phi) is 3.10. The smallest absolute Gasteiger partial charge is 0.178 e. The number of phenols is 2. The third kappa shape index (κ3) is 3.08. The predicted molar refractivity (Wildman–Crippen MR) is 65.3 cm³/mol. The number of phenolic OH excluding ortho intramolecular Hbond substituents is 2. The van der Waals surface area contributed by atoms with Gasteiger partial charge >= 0.3 is 0 Å². The van der Waals surface area contributed by atoms with Gasteiger partial charge in [0.1, 0.15) is 11.5 Å². The molecule has 1 aromatic carbocycles. The number of aromatic hydroxyl groups is 2. The first kappa shape index (κ1) is 11.2. The van der Waals surface area contributed by atoms with E-state index < -0.39 is 0 Å². The van der Waals surface area contributed by atoms with Gasteiger partial charge in [-0.25, -0.2) is 0 Å². The lowest BCUT2D eigenvalue weighted by Gasteiger charge is -2.03. The quantitative estimate of drug-likeness (QED) is 0.815. The van der Waals surface area contributed by atoms with Gasteiger partial charge in [-0.3, -0.25) is 4.79 Å². The Morgan fingerprint density at radius 2 is 1.41 bits per heavy atom. The Morgan fingerprint density at radius 3 is 2.00 bits per heavy atom. The molecule has 0 aliphatic heterocycles. The third-order valence-electron chi connectivity index (χ3n) is 2.27. The molecule has 0 atom stereocenters. The second kappa shape index (κ2) is 4.70. The summed E-state index contributed by atoms with van der Waals surface area (Å²) in [4.78, 5) is 10.9. The zero-order chi connectivity index (χ0) is 12.3. The van der Waals surface area contributed by atoms with Gasteiger partial charge in [-0.15, -0.1) is 0 Å². The maximum absolute atomic E-state index is 10.9. The van der Waals surface area contributed by atoms with Crippen molar-refractivity contribution in [3.05, 3.63) is 60.1 Å². The molecule has 1 radical (unpaired) electrons. The molecule has 2 rings (SSSR count). The summed E-state index contributed by atoms with van der Waals surface area (Å²) >= 11 is 0. The number of ketones is 1. The predicted octanol–water partition coefficient (Wildman–Crippen LogP) is 2.38. The number of benzene rings is 1. The van der Waals surface area contributed by atoms with Crippen molar-refractivity contribution >= 4 is 11.9 Å². The standard InChI is InChI=1S/C14H11O3/c15-12-5-3-10(4-6-12)1-2-11-7-13(16)9-14(17)8-11/h1-9,16-17H. The monoisotopic (exact) mass is 227 g/mol. The molecular weight excluding hydrogens is 216 g/mol. The second-order valence-corrected chi connectivity index (χ2v) is 3.69. The van der Waals surface area contributed by atoms with Crippen LogP contribution in [0.2, 0.25) is 0 Å². The number of hydrogen-bond acceptors (Lipinski definition) is 3. The average molecular weight is 227 g/mol. The van der Waals surface area contributed by atoms with Crippen LogP contribution in [0.15, 0.2) is 48.6 Å². The van der Waals surface area contributed by atoms with Crippen LogP contribution in [0.25, 0.3) is 6.08 Å². The maximum Gasteiger partial charge on any atom is 0.178 e. The summed E-state index contributed by atoms with van der Waals surface area (Å²) in [5, 5.41) is 18.6. The second-order valence-electron chi connectivity index (χ2n) is 3.69. The van der Waals surface area contributed by atoms with Gasteiger partial charge in [0, 0.05) is 12.0 Å². The molecule has 3 heteroatoms. The molecule has 3 nitrogen and oxygen atoms in total. The molecule has 0 bridgehead atoms. The molecule has 0 unspecified atom stereocenters. The molecule has 0 amide bonds. The van der Waals surface area contributed by atoms with E-state index in [1.54, 1.807) is 24.3 Å². The summed E-state index contributed by atoms with van der Waals surface area (Å²) in [7, 11) is 0. The summed E-state index contributed by atoms with van der Waals surface area (Å²) in [5.74, 6) is 0.878. The van der Waals surface area contributed by atoms with Gasteiger partial charge in [-0.2, -0.15) is 0 Å². The first-order valence-corrected chi connectivity index (χ1v) is 5.12. The van der Waals surface area contributed by atoms with Crippen molar-refractivity contribution in [1.29, 1.82) is 0 Å². The van der Waals surface area contributed by atoms with Crippen LogP contribution >= 0.6 is 0 Å². The molecule has 17 heavy (non-hydrogen) atoms. The Labute approximate surface area is 99.0 Å². The van der Waals surface area contributed by atoms with Crippen LogP contribution in [0, 0.1) is 5.92 Å². The molecule has 0 fully saturated rings. The molecule has 1 aliphatic rings. The molecule has 85 valence electrons. The van der Waals surface area contributed by atoms with E-state index in [1.165, 1.54) is 30.4 Å². The minimum atomic E-state index is -0.0304. The molecule has 0 saturated heterocycles. The number of allylic oxidation sites excluding steroid dienone is 5. The average Bonchev–Trinajstić information content (AvgIpc) is 2.27. The lowest BCUT2D eigenvalue weighted by Crippen LogP contribution is -1.95. The first-order valence-electron chi connectivity index (χ1n) is 5.12. The van der Waals surface area contributed by atoms with Gasteiger partial charge in [0.15, 0.2) is 5.78 Å². The fourth-order valence-electron chi connectivity index (χ4n) is 1.49. The minimum Gasteiger partial charge on any atom is -0.508 e. The highest BCUT2D eigenvalue weighted by atomic mass is 16.3. The molecular formula is C14H11O3. The van der Waals surface area contributed by atoms with Crippen molar-refractivity contribution in [2.75, 3.05) is 0 Å². The topological polar surface area (TPSA) is 57.5 Å². The number of carbonyl (C=O) groups is 1. The van der Waals surface area contributed by atoms with Gasteiger partial charge in [0.2, 0.25) is 0 Å². The Balaban J connectivity index is 2.13. The Morgan fingerprint density at radius 1 is 0.824 bits per heavy atom. The van der Waals surface area contributed by atoms with E-state index in [0.29, 0.717) is 5.56 Å². The van der Waals surface area contributed by atoms with E-state index in [9.17, 15) is 15.0 Å². The lowest BCUT2D eigenvalue weighted by molar-refractivity contribution is -0.110. The van der Waals surface area contributed by atoms with E-state index in [2.05, 4.69) is 0 Å². The molecule has 0 heterocycles. The Bertz CT molecular complexity index is 488. The highest BCUT2D eigenvalue weighted by Crippen LogP contribution is 2.22. The lowest BCUT2D eigenvalue weighted by atomic mass is 10.0. The summed E-state index contributed by atoms with van der Waals surface area (Å²) in [5.41, 5.74) is 0.689. The molecule has 1 aliphatic carbocycles. The Hall–Kier alpha value is -2.29. The molecule has 0 saturated carbocycles. The van der Waals surface area contributed by atoms with Crippen molar-refractivity contribution in [3.63, 3.8) is 0 Å². The molecule has 1 aromatic rings. The summed E-state index contributed by atoms with van der Waals surface area (Å²) in [6.07, 6.45) is 9.94. The number of hydrogen-bond donors (Lipinski definition) is 2. The van der Waals surface area contributed by atoms with Crippen molar-refractivity contribution in [3.8, 4) is 11.5 Å². The largest absolute Gasteiger partial charge is 0.508 e.